The van der Waals surface area contributed by atoms with Crippen molar-refractivity contribution in [1.29, 1.82) is 0 Å². The molecule has 0 bridgehead atoms. The first-order valence-corrected chi connectivity index (χ1v) is 5.13. The summed E-state index contributed by atoms with van der Waals surface area (Å²) in [5, 5.41) is 10.2. The molecule has 6 nitrogen and oxygen atoms in total. The number of amides is 1. The predicted octanol–water partition coefficient (Wildman–Crippen LogP) is -1.53. The molecule has 18 heavy (non-hydrogen) atoms. The lowest BCUT2D eigenvalue weighted by Gasteiger charge is -2.14. The molecule has 0 aliphatic carbocycles. The molecule has 1 aliphatic rings. The van der Waals surface area contributed by atoms with Crippen molar-refractivity contribution in [2.45, 2.75) is 32.0 Å². The second kappa shape index (κ2) is 7.17. The van der Waals surface area contributed by atoms with Gasteiger partial charge in [0.2, 0.25) is 0 Å². The lowest BCUT2D eigenvalue weighted by atomic mass is 10.2. The van der Waals surface area contributed by atoms with Crippen molar-refractivity contribution in [2.75, 3.05) is 13.2 Å². The van der Waals surface area contributed by atoms with E-state index in [1.807, 2.05) is 0 Å². The summed E-state index contributed by atoms with van der Waals surface area (Å²) < 4.78 is 36.9. The fourth-order valence-corrected chi connectivity index (χ4v) is 1.16. The van der Waals surface area contributed by atoms with Gasteiger partial charge >= 0.3 is 6.18 Å². The van der Waals surface area contributed by atoms with Crippen molar-refractivity contribution < 1.29 is 38.4 Å². The minimum absolute atomic E-state index is 0.000463. The maximum atomic E-state index is 10.7. The second-order valence-corrected chi connectivity index (χ2v) is 3.66. The third-order valence-corrected chi connectivity index (χ3v) is 2.12. The Labute approximate surface area is 101 Å². The summed E-state index contributed by atoms with van der Waals surface area (Å²) in [6.07, 6.45) is -2.81. The second-order valence-electron chi connectivity index (χ2n) is 3.66. The first-order valence-electron chi connectivity index (χ1n) is 5.13. The Morgan fingerprint density at radius 2 is 2.00 bits per heavy atom. The highest BCUT2D eigenvalue weighted by Crippen LogP contribution is 2.12. The molecule has 1 unspecified atom stereocenters. The van der Waals surface area contributed by atoms with Crippen LogP contribution >= 0.6 is 0 Å². The number of hydrogen-bond donors (Lipinski definition) is 1. The van der Waals surface area contributed by atoms with Crippen molar-refractivity contribution in [3.8, 4) is 0 Å². The molecular formula is C9H15F3N2O4. The van der Waals surface area contributed by atoms with Crippen LogP contribution in [0.4, 0.5) is 13.2 Å². The van der Waals surface area contributed by atoms with Crippen LogP contribution in [0.5, 0.6) is 0 Å². The van der Waals surface area contributed by atoms with E-state index in [-0.39, 0.29) is 12.0 Å². The van der Waals surface area contributed by atoms with Gasteiger partial charge in [-0.3, -0.25) is 10.6 Å². The Morgan fingerprint density at radius 1 is 1.50 bits per heavy atom. The summed E-state index contributed by atoms with van der Waals surface area (Å²) >= 11 is 0. The molecule has 1 amide bonds. The SMILES string of the molecule is CC(=O)N([NH3+])CC1CCCO1.O=C([O-])C(F)(F)F. The fourth-order valence-electron chi connectivity index (χ4n) is 1.16. The molecule has 1 heterocycles. The van der Waals surface area contributed by atoms with E-state index in [1.54, 1.807) is 0 Å². The number of quaternary nitrogens is 1. The maximum absolute atomic E-state index is 10.7. The van der Waals surface area contributed by atoms with Crippen molar-refractivity contribution in [2.24, 2.45) is 0 Å². The molecule has 0 aromatic carbocycles. The van der Waals surface area contributed by atoms with Crippen LogP contribution in [0.2, 0.25) is 0 Å². The van der Waals surface area contributed by atoms with E-state index >= 15 is 0 Å². The lowest BCUT2D eigenvalue weighted by Crippen LogP contribution is -2.70. The molecule has 0 spiro atoms. The quantitative estimate of drug-likeness (QED) is 0.617. The summed E-state index contributed by atoms with van der Waals surface area (Å²) in [4.78, 5) is 19.5. The smallest absolute Gasteiger partial charge is 0.430 e. The Kier molecular flexibility index (Phi) is 6.63. The Hall–Kier alpha value is -1.35. The van der Waals surface area contributed by atoms with Gasteiger partial charge in [-0.15, -0.1) is 0 Å². The molecule has 0 saturated carbocycles. The van der Waals surface area contributed by atoms with Crippen LogP contribution in [0, 0.1) is 0 Å². The van der Waals surface area contributed by atoms with Crippen LogP contribution < -0.4 is 10.9 Å². The van der Waals surface area contributed by atoms with Crippen LogP contribution in [0.25, 0.3) is 0 Å². The van der Waals surface area contributed by atoms with Crippen LogP contribution in [0.1, 0.15) is 19.8 Å². The number of rotatable bonds is 2. The maximum Gasteiger partial charge on any atom is 0.430 e. The van der Waals surface area contributed by atoms with Gasteiger partial charge in [0.25, 0.3) is 5.91 Å². The highest BCUT2D eigenvalue weighted by Gasteiger charge is 2.28. The van der Waals surface area contributed by atoms with Gasteiger partial charge in [0.1, 0.15) is 5.97 Å². The number of halogens is 3. The van der Waals surface area contributed by atoms with Gasteiger partial charge in [0, 0.05) is 13.5 Å². The summed E-state index contributed by atoms with van der Waals surface area (Å²) in [5.41, 5.74) is 0. The Bertz CT molecular complexity index is 290. The number of carboxylic acid groups (broad SMARTS) is 1. The predicted molar refractivity (Wildman–Crippen MR) is 50.3 cm³/mol. The van der Waals surface area contributed by atoms with Gasteiger partial charge in [-0.2, -0.15) is 18.2 Å². The van der Waals surface area contributed by atoms with E-state index in [4.69, 9.17) is 14.6 Å². The summed E-state index contributed by atoms with van der Waals surface area (Å²) in [6.45, 7) is 2.98. The minimum Gasteiger partial charge on any atom is -0.542 e. The standard InChI is InChI=1S/C7H14N2O2.C2HF3O2/c1-6(10)9(8)5-7-3-2-4-11-7;3-2(4,5)1(6)7/h7H,2-5,8H2,1H3;(H,6,7). The van der Waals surface area contributed by atoms with Gasteiger partial charge in [0.15, 0.2) is 0 Å². The average Bonchev–Trinajstić information content (AvgIpc) is 2.69. The number of aliphatic carboxylic acids is 1. The molecule has 0 aromatic heterocycles. The van der Waals surface area contributed by atoms with E-state index in [0.717, 1.165) is 19.4 Å². The largest absolute Gasteiger partial charge is 0.542 e. The zero-order valence-corrected chi connectivity index (χ0v) is 9.83. The van der Waals surface area contributed by atoms with Gasteiger partial charge in [0.05, 0.1) is 12.6 Å². The molecule has 106 valence electrons. The van der Waals surface area contributed by atoms with Gasteiger partial charge in [-0.05, 0) is 12.8 Å². The number of carboxylic acids is 1. The number of nitrogens with zero attached hydrogens (tertiary/aromatic N) is 1. The third-order valence-electron chi connectivity index (χ3n) is 2.12. The van der Waals surface area contributed by atoms with Crippen LogP contribution in [0.15, 0.2) is 0 Å². The number of alkyl halides is 3. The average molecular weight is 272 g/mol. The molecule has 0 aromatic rings. The summed E-state index contributed by atoms with van der Waals surface area (Å²) in [5.74, 6) is 0.598. The Morgan fingerprint density at radius 3 is 2.28 bits per heavy atom. The minimum atomic E-state index is -5.19. The number of hydrogen-bond acceptors (Lipinski definition) is 4. The summed E-state index contributed by atoms with van der Waals surface area (Å²) in [6, 6.07) is 0. The Balaban J connectivity index is 0.000000360. The monoisotopic (exact) mass is 272 g/mol. The van der Waals surface area contributed by atoms with E-state index in [0.29, 0.717) is 6.54 Å². The van der Waals surface area contributed by atoms with Crippen LogP contribution in [0.3, 0.4) is 0 Å². The highest BCUT2D eigenvalue weighted by atomic mass is 19.4. The molecule has 1 saturated heterocycles. The lowest BCUT2D eigenvalue weighted by molar-refractivity contribution is -0.552. The van der Waals surface area contributed by atoms with Crippen molar-refractivity contribution in [3.63, 3.8) is 0 Å². The molecule has 1 aliphatic heterocycles. The molecule has 1 fully saturated rings. The normalized spacial score (nSPS) is 18.8. The molecule has 1 rings (SSSR count). The van der Waals surface area contributed by atoms with Crippen molar-refractivity contribution >= 4 is 11.9 Å². The van der Waals surface area contributed by atoms with E-state index in [1.165, 1.54) is 11.9 Å². The molecule has 0 radical (unpaired) electrons. The zero-order chi connectivity index (χ0) is 14.3. The number of carbonyl (C=O) groups is 2. The fraction of sp³-hybridized carbons (Fsp3) is 0.778. The zero-order valence-electron chi connectivity index (χ0n) is 9.83. The highest BCUT2D eigenvalue weighted by molar-refractivity contribution is 5.71. The van der Waals surface area contributed by atoms with E-state index in [2.05, 4.69) is 5.84 Å². The molecular weight excluding hydrogens is 257 g/mol. The first-order chi connectivity index (χ1) is 8.14. The van der Waals surface area contributed by atoms with Crippen molar-refractivity contribution in [3.05, 3.63) is 0 Å². The summed E-state index contributed by atoms with van der Waals surface area (Å²) in [7, 11) is 0. The van der Waals surface area contributed by atoms with Crippen LogP contribution in [-0.2, 0) is 14.3 Å². The molecule has 1 atom stereocenters. The van der Waals surface area contributed by atoms with Crippen molar-refractivity contribution in [1.82, 2.24) is 5.01 Å². The van der Waals surface area contributed by atoms with Crippen LogP contribution in [-0.4, -0.2) is 42.3 Å². The van der Waals surface area contributed by atoms with E-state index < -0.39 is 12.1 Å². The van der Waals surface area contributed by atoms with Gasteiger partial charge in [-0.25, -0.2) is 0 Å². The van der Waals surface area contributed by atoms with E-state index in [9.17, 15) is 18.0 Å². The third kappa shape index (κ3) is 7.07. The molecule has 9 heteroatoms. The first kappa shape index (κ1) is 16.6. The topological polar surface area (TPSA) is 97.3 Å². The number of ether oxygens (including phenoxy) is 1. The van der Waals surface area contributed by atoms with Gasteiger partial charge in [-0.1, -0.05) is 0 Å². The number of carbonyl (C=O) groups excluding carboxylic acids is 2. The van der Waals surface area contributed by atoms with Gasteiger partial charge < -0.3 is 14.6 Å². The molecule has 3 N–H and O–H groups in total.